The van der Waals surface area contributed by atoms with Crippen LogP contribution in [-0.4, -0.2) is 20.0 Å². The maximum atomic E-state index is 12.3. The summed E-state index contributed by atoms with van der Waals surface area (Å²) in [6, 6.07) is 10.6. The summed E-state index contributed by atoms with van der Waals surface area (Å²) in [5, 5.41) is 0.289. The molecular weight excluding hydrogens is 399 g/mol. The second-order valence-corrected chi connectivity index (χ2v) is 7.98. The molecule has 110 valence electrons. The van der Waals surface area contributed by atoms with Crippen molar-refractivity contribution in [1.82, 2.24) is 0 Å². The predicted molar refractivity (Wildman–Crippen MR) is 87.0 cm³/mol. The first-order valence-corrected chi connectivity index (χ1v) is 8.96. The third-order valence-electron chi connectivity index (χ3n) is 2.72. The second kappa shape index (κ2) is 6.48. The van der Waals surface area contributed by atoms with Gasteiger partial charge in [-0.1, -0.05) is 51.3 Å². The zero-order valence-electron chi connectivity index (χ0n) is 10.5. The van der Waals surface area contributed by atoms with Gasteiger partial charge in [-0.3, -0.25) is 4.79 Å². The smallest absolute Gasteiger partial charge is 0.187 e. The first-order valence-electron chi connectivity index (χ1n) is 5.76. The van der Waals surface area contributed by atoms with Crippen molar-refractivity contribution in [2.75, 3.05) is 5.75 Å². The van der Waals surface area contributed by atoms with Crippen LogP contribution in [0.1, 0.15) is 10.4 Å². The van der Waals surface area contributed by atoms with E-state index in [9.17, 15) is 13.2 Å². The molecule has 0 saturated heterocycles. The van der Waals surface area contributed by atoms with Gasteiger partial charge < -0.3 is 0 Å². The molecule has 0 spiro atoms. The van der Waals surface area contributed by atoms with Crippen molar-refractivity contribution in [3.8, 4) is 0 Å². The van der Waals surface area contributed by atoms with E-state index < -0.39 is 21.4 Å². The van der Waals surface area contributed by atoms with Gasteiger partial charge in [0.05, 0.1) is 9.92 Å². The van der Waals surface area contributed by atoms with E-state index in [1.165, 1.54) is 18.2 Å². The maximum absolute atomic E-state index is 12.3. The van der Waals surface area contributed by atoms with E-state index in [-0.39, 0.29) is 14.9 Å². The molecule has 0 atom stereocenters. The molecule has 0 amide bonds. The molecular formula is C14H9BrCl2O3S. The zero-order valence-corrected chi connectivity index (χ0v) is 14.4. The van der Waals surface area contributed by atoms with E-state index in [2.05, 4.69) is 15.9 Å². The van der Waals surface area contributed by atoms with E-state index in [0.717, 1.165) is 4.47 Å². The monoisotopic (exact) mass is 406 g/mol. The average Bonchev–Trinajstić information content (AvgIpc) is 2.41. The number of ketones is 1. The molecule has 0 aliphatic heterocycles. The second-order valence-electron chi connectivity index (χ2n) is 4.26. The van der Waals surface area contributed by atoms with Crippen LogP contribution in [0.5, 0.6) is 0 Å². The van der Waals surface area contributed by atoms with Gasteiger partial charge in [-0.05, 0) is 30.3 Å². The number of sulfone groups is 1. The van der Waals surface area contributed by atoms with Crippen molar-refractivity contribution in [3.63, 3.8) is 0 Å². The molecule has 2 rings (SSSR count). The highest BCUT2D eigenvalue weighted by Crippen LogP contribution is 2.26. The Balaban J connectivity index is 2.31. The van der Waals surface area contributed by atoms with Crippen molar-refractivity contribution < 1.29 is 13.2 Å². The van der Waals surface area contributed by atoms with Crippen LogP contribution in [0.25, 0.3) is 0 Å². The highest BCUT2D eigenvalue weighted by atomic mass is 79.9. The highest BCUT2D eigenvalue weighted by Gasteiger charge is 2.23. The third-order valence-corrected chi connectivity index (χ3v) is 5.57. The number of halogens is 3. The lowest BCUT2D eigenvalue weighted by Crippen LogP contribution is -2.16. The third kappa shape index (κ3) is 4.07. The van der Waals surface area contributed by atoms with Crippen molar-refractivity contribution in [2.24, 2.45) is 0 Å². The number of benzene rings is 2. The molecule has 0 N–H and O–H groups in total. The van der Waals surface area contributed by atoms with Gasteiger partial charge in [-0.15, -0.1) is 0 Å². The van der Waals surface area contributed by atoms with Crippen LogP contribution in [0.3, 0.4) is 0 Å². The number of carbonyl (C=O) groups excluding carboxylic acids is 1. The standard InChI is InChI=1S/C14H9BrCl2O3S/c15-10-3-1-9(2-4-10)13(18)8-21(19,20)14-7-11(16)5-6-12(14)17/h1-7H,8H2. The molecule has 0 radical (unpaired) electrons. The Morgan fingerprint density at radius 2 is 1.67 bits per heavy atom. The maximum Gasteiger partial charge on any atom is 0.187 e. The van der Waals surface area contributed by atoms with Gasteiger partial charge in [0, 0.05) is 15.1 Å². The molecule has 0 aliphatic rings. The molecule has 21 heavy (non-hydrogen) atoms. The van der Waals surface area contributed by atoms with Crippen molar-refractivity contribution in [3.05, 3.63) is 62.5 Å². The minimum atomic E-state index is -3.85. The van der Waals surface area contributed by atoms with E-state index >= 15 is 0 Å². The van der Waals surface area contributed by atoms with Crippen LogP contribution in [0.15, 0.2) is 51.8 Å². The molecule has 2 aromatic rings. The summed E-state index contributed by atoms with van der Waals surface area (Å²) in [4.78, 5) is 11.9. The topological polar surface area (TPSA) is 51.2 Å². The fraction of sp³-hybridized carbons (Fsp3) is 0.0714. The Morgan fingerprint density at radius 1 is 1.05 bits per heavy atom. The molecule has 0 heterocycles. The van der Waals surface area contributed by atoms with Crippen LogP contribution in [0.2, 0.25) is 10.0 Å². The van der Waals surface area contributed by atoms with Gasteiger partial charge in [0.25, 0.3) is 0 Å². The number of hydrogen-bond acceptors (Lipinski definition) is 3. The van der Waals surface area contributed by atoms with Gasteiger partial charge in [0.15, 0.2) is 15.6 Å². The molecule has 0 aromatic heterocycles. The predicted octanol–water partition coefficient (Wildman–Crippen LogP) is 4.41. The lowest BCUT2D eigenvalue weighted by atomic mass is 10.2. The van der Waals surface area contributed by atoms with Gasteiger partial charge in [-0.2, -0.15) is 0 Å². The van der Waals surface area contributed by atoms with Crippen LogP contribution in [0, 0.1) is 0 Å². The van der Waals surface area contributed by atoms with Gasteiger partial charge in [0.1, 0.15) is 5.75 Å². The average molecular weight is 408 g/mol. The molecule has 0 bridgehead atoms. The van der Waals surface area contributed by atoms with E-state index in [1.54, 1.807) is 24.3 Å². The Kier molecular flexibility index (Phi) is 5.09. The normalized spacial score (nSPS) is 11.4. The van der Waals surface area contributed by atoms with Crippen LogP contribution in [0.4, 0.5) is 0 Å². The quantitative estimate of drug-likeness (QED) is 0.705. The number of Topliss-reactive ketones (excluding diaryl/α,β-unsaturated/α-hetero) is 1. The molecule has 0 unspecified atom stereocenters. The first-order chi connectivity index (χ1) is 9.79. The Bertz CT molecular complexity index is 786. The van der Waals surface area contributed by atoms with Crippen molar-refractivity contribution in [1.29, 1.82) is 0 Å². The summed E-state index contributed by atoms with van der Waals surface area (Å²) >= 11 is 14.9. The minimum absolute atomic E-state index is 0.0445. The SMILES string of the molecule is O=C(CS(=O)(=O)c1cc(Cl)ccc1Cl)c1ccc(Br)cc1. The first kappa shape index (κ1) is 16.5. The minimum Gasteiger partial charge on any atom is -0.293 e. The van der Waals surface area contributed by atoms with Crippen LogP contribution >= 0.6 is 39.1 Å². The van der Waals surface area contributed by atoms with Gasteiger partial charge >= 0.3 is 0 Å². The molecule has 0 aliphatic carbocycles. The summed E-state index contributed by atoms with van der Waals surface area (Å²) in [6.07, 6.45) is 0. The summed E-state index contributed by atoms with van der Waals surface area (Å²) in [5.41, 5.74) is 0.319. The molecule has 0 fully saturated rings. The molecule has 0 saturated carbocycles. The summed E-state index contributed by atoms with van der Waals surface area (Å²) in [5.74, 6) is -1.16. The lowest BCUT2D eigenvalue weighted by molar-refractivity contribution is 0.102. The molecule has 7 heteroatoms. The largest absolute Gasteiger partial charge is 0.293 e. The summed E-state index contributed by atoms with van der Waals surface area (Å²) in [6.45, 7) is 0. The van der Waals surface area contributed by atoms with E-state index in [0.29, 0.717) is 5.56 Å². The number of hydrogen-bond donors (Lipinski definition) is 0. The Labute approximate surface area is 140 Å². The van der Waals surface area contributed by atoms with Crippen LogP contribution < -0.4 is 0 Å². The number of carbonyl (C=O) groups is 1. The molecule has 2 aromatic carbocycles. The number of rotatable bonds is 4. The van der Waals surface area contributed by atoms with Crippen LogP contribution in [-0.2, 0) is 9.84 Å². The van der Waals surface area contributed by atoms with Crippen molar-refractivity contribution in [2.45, 2.75) is 4.90 Å². The molecule has 3 nitrogen and oxygen atoms in total. The van der Waals surface area contributed by atoms with E-state index in [4.69, 9.17) is 23.2 Å². The van der Waals surface area contributed by atoms with Gasteiger partial charge in [0.2, 0.25) is 0 Å². The van der Waals surface area contributed by atoms with Gasteiger partial charge in [-0.25, -0.2) is 8.42 Å². The zero-order chi connectivity index (χ0) is 15.6. The van der Waals surface area contributed by atoms with E-state index in [1.807, 2.05) is 0 Å². The fourth-order valence-corrected chi connectivity index (χ4v) is 4.00. The Hall–Kier alpha value is -0.880. The lowest BCUT2D eigenvalue weighted by Gasteiger charge is -2.07. The highest BCUT2D eigenvalue weighted by molar-refractivity contribution is 9.10. The summed E-state index contributed by atoms with van der Waals surface area (Å²) < 4.78 is 25.4. The Morgan fingerprint density at radius 3 is 2.29 bits per heavy atom. The summed E-state index contributed by atoms with van der Waals surface area (Å²) in [7, 11) is -3.85. The fourth-order valence-electron chi connectivity index (χ4n) is 1.68. The van der Waals surface area contributed by atoms with Crippen molar-refractivity contribution >= 4 is 54.8 Å².